The van der Waals surface area contributed by atoms with E-state index >= 15 is 0 Å². The van der Waals surface area contributed by atoms with E-state index in [0.717, 1.165) is 12.0 Å². The van der Waals surface area contributed by atoms with E-state index in [-0.39, 0.29) is 5.60 Å². The zero-order chi connectivity index (χ0) is 12.5. The van der Waals surface area contributed by atoms with Crippen LogP contribution in [0.3, 0.4) is 0 Å². The standard InChI is InChI=1S/C13H17NO3/c1-9(2)11-5-4-10(6-15)12(14-11)17-13(3)7-16-8-13/h4-6,9H,7-8H2,1-3H3. The summed E-state index contributed by atoms with van der Waals surface area (Å²) in [6.07, 6.45) is 0.773. The number of carbonyl (C=O) groups excluding carboxylic acids is 1. The molecule has 0 aromatic carbocycles. The molecule has 0 amide bonds. The Morgan fingerprint density at radius 1 is 1.47 bits per heavy atom. The molecule has 0 aliphatic carbocycles. The van der Waals surface area contributed by atoms with Gasteiger partial charge in [0.2, 0.25) is 5.88 Å². The Morgan fingerprint density at radius 2 is 2.18 bits per heavy atom. The minimum atomic E-state index is -0.347. The Kier molecular flexibility index (Phi) is 3.15. The van der Waals surface area contributed by atoms with Gasteiger partial charge in [0.15, 0.2) is 11.9 Å². The molecule has 1 fully saturated rings. The van der Waals surface area contributed by atoms with Gasteiger partial charge in [0.05, 0.1) is 18.8 Å². The summed E-state index contributed by atoms with van der Waals surface area (Å²) in [5.74, 6) is 0.723. The van der Waals surface area contributed by atoms with Crippen molar-refractivity contribution in [3.63, 3.8) is 0 Å². The quantitative estimate of drug-likeness (QED) is 0.750. The van der Waals surface area contributed by atoms with E-state index in [1.165, 1.54) is 0 Å². The van der Waals surface area contributed by atoms with Crippen LogP contribution >= 0.6 is 0 Å². The molecule has 2 heterocycles. The van der Waals surface area contributed by atoms with E-state index in [0.29, 0.717) is 30.6 Å². The van der Waals surface area contributed by atoms with Crippen LogP contribution in [0.4, 0.5) is 0 Å². The van der Waals surface area contributed by atoms with Gasteiger partial charge in [-0.2, -0.15) is 0 Å². The van der Waals surface area contributed by atoms with E-state index < -0.39 is 0 Å². The average molecular weight is 235 g/mol. The number of rotatable bonds is 4. The molecular weight excluding hydrogens is 218 g/mol. The van der Waals surface area contributed by atoms with Gasteiger partial charge in [-0.25, -0.2) is 4.98 Å². The highest BCUT2D eigenvalue weighted by Crippen LogP contribution is 2.27. The number of carbonyl (C=O) groups is 1. The molecule has 1 aliphatic heterocycles. The number of nitrogens with zero attached hydrogens (tertiary/aromatic N) is 1. The summed E-state index contributed by atoms with van der Waals surface area (Å²) in [6.45, 7) is 7.15. The van der Waals surface area contributed by atoms with E-state index in [1.54, 1.807) is 6.07 Å². The van der Waals surface area contributed by atoms with Crippen LogP contribution in [-0.2, 0) is 4.74 Å². The van der Waals surface area contributed by atoms with E-state index in [1.807, 2.05) is 13.0 Å². The number of hydrogen-bond acceptors (Lipinski definition) is 4. The molecule has 1 saturated heterocycles. The van der Waals surface area contributed by atoms with Crippen molar-refractivity contribution in [2.24, 2.45) is 0 Å². The lowest BCUT2D eigenvalue weighted by Gasteiger charge is -2.37. The van der Waals surface area contributed by atoms with Crippen molar-refractivity contribution in [1.29, 1.82) is 0 Å². The smallest absolute Gasteiger partial charge is 0.225 e. The lowest BCUT2D eigenvalue weighted by molar-refractivity contribution is -0.151. The summed E-state index contributed by atoms with van der Waals surface area (Å²) in [4.78, 5) is 15.4. The van der Waals surface area contributed by atoms with Gasteiger partial charge in [-0.3, -0.25) is 4.79 Å². The molecule has 92 valence electrons. The van der Waals surface area contributed by atoms with Crippen molar-refractivity contribution >= 4 is 6.29 Å². The third-order valence-corrected chi connectivity index (χ3v) is 2.79. The Hall–Kier alpha value is -1.42. The van der Waals surface area contributed by atoms with Crippen LogP contribution < -0.4 is 4.74 Å². The highest BCUT2D eigenvalue weighted by atomic mass is 16.6. The van der Waals surface area contributed by atoms with Crippen LogP contribution in [0.5, 0.6) is 5.88 Å². The van der Waals surface area contributed by atoms with Gasteiger partial charge in [-0.15, -0.1) is 0 Å². The molecule has 1 aromatic rings. The Morgan fingerprint density at radius 3 is 2.65 bits per heavy atom. The van der Waals surface area contributed by atoms with Crippen molar-refractivity contribution in [2.75, 3.05) is 13.2 Å². The molecule has 17 heavy (non-hydrogen) atoms. The minimum Gasteiger partial charge on any atom is -0.466 e. The van der Waals surface area contributed by atoms with Gasteiger partial charge in [-0.1, -0.05) is 13.8 Å². The second-order valence-corrected chi connectivity index (χ2v) is 4.95. The van der Waals surface area contributed by atoms with Gasteiger partial charge in [0, 0.05) is 5.69 Å². The van der Waals surface area contributed by atoms with Crippen molar-refractivity contribution in [1.82, 2.24) is 4.98 Å². The number of hydrogen-bond donors (Lipinski definition) is 0. The van der Waals surface area contributed by atoms with Crippen LogP contribution in [0.2, 0.25) is 0 Å². The molecule has 0 spiro atoms. The fourth-order valence-corrected chi connectivity index (χ4v) is 1.64. The fourth-order valence-electron chi connectivity index (χ4n) is 1.64. The predicted molar refractivity (Wildman–Crippen MR) is 63.6 cm³/mol. The minimum absolute atomic E-state index is 0.309. The second-order valence-electron chi connectivity index (χ2n) is 4.95. The lowest BCUT2D eigenvalue weighted by Crippen LogP contribution is -2.52. The Labute approximate surface area is 101 Å². The van der Waals surface area contributed by atoms with Crippen molar-refractivity contribution in [2.45, 2.75) is 32.3 Å². The summed E-state index contributed by atoms with van der Waals surface area (Å²) in [6, 6.07) is 3.62. The molecule has 4 nitrogen and oxygen atoms in total. The lowest BCUT2D eigenvalue weighted by atomic mass is 10.1. The average Bonchev–Trinajstić information content (AvgIpc) is 2.26. The van der Waals surface area contributed by atoms with Crippen LogP contribution in [0, 0.1) is 0 Å². The van der Waals surface area contributed by atoms with E-state index in [4.69, 9.17) is 9.47 Å². The summed E-state index contributed by atoms with van der Waals surface area (Å²) >= 11 is 0. The summed E-state index contributed by atoms with van der Waals surface area (Å²) < 4.78 is 10.9. The van der Waals surface area contributed by atoms with Crippen LogP contribution in [-0.4, -0.2) is 30.1 Å². The van der Waals surface area contributed by atoms with E-state index in [9.17, 15) is 4.79 Å². The molecule has 0 radical (unpaired) electrons. The molecule has 1 aliphatic rings. The number of pyridine rings is 1. The monoisotopic (exact) mass is 235 g/mol. The SMILES string of the molecule is CC(C)c1ccc(C=O)c(OC2(C)COC2)n1. The zero-order valence-electron chi connectivity index (χ0n) is 10.4. The molecule has 0 unspecified atom stereocenters. The van der Waals surface area contributed by atoms with Gasteiger partial charge < -0.3 is 9.47 Å². The highest BCUT2D eigenvalue weighted by molar-refractivity contribution is 5.78. The van der Waals surface area contributed by atoms with Gasteiger partial charge in [0.1, 0.15) is 0 Å². The fraction of sp³-hybridized carbons (Fsp3) is 0.538. The first-order chi connectivity index (χ1) is 8.04. The number of aromatic nitrogens is 1. The molecule has 4 heteroatoms. The molecular formula is C13H17NO3. The Bertz CT molecular complexity index is 425. The molecule has 1 aromatic heterocycles. The molecule has 0 saturated carbocycles. The topological polar surface area (TPSA) is 48.4 Å². The summed E-state index contributed by atoms with van der Waals surface area (Å²) in [7, 11) is 0. The molecule has 0 atom stereocenters. The second kappa shape index (κ2) is 4.45. The van der Waals surface area contributed by atoms with Crippen molar-refractivity contribution < 1.29 is 14.3 Å². The van der Waals surface area contributed by atoms with E-state index in [2.05, 4.69) is 18.8 Å². The number of aldehydes is 1. The third-order valence-electron chi connectivity index (χ3n) is 2.79. The van der Waals surface area contributed by atoms with Crippen molar-refractivity contribution in [3.8, 4) is 5.88 Å². The Balaban J connectivity index is 2.28. The number of ether oxygens (including phenoxy) is 2. The zero-order valence-corrected chi connectivity index (χ0v) is 10.4. The van der Waals surface area contributed by atoms with Gasteiger partial charge >= 0.3 is 0 Å². The normalized spacial score (nSPS) is 17.6. The van der Waals surface area contributed by atoms with Gasteiger partial charge in [-0.05, 0) is 25.0 Å². The maximum absolute atomic E-state index is 10.9. The maximum atomic E-state index is 10.9. The summed E-state index contributed by atoms with van der Waals surface area (Å²) in [5.41, 5.74) is 1.07. The van der Waals surface area contributed by atoms with Crippen LogP contribution in [0.15, 0.2) is 12.1 Å². The first kappa shape index (κ1) is 12.0. The maximum Gasteiger partial charge on any atom is 0.225 e. The first-order valence-corrected chi connectivity index (χ1v) is 5.77. The first-order valence-electron chi connectivity index (χ1n) is 5.77. The van der Waals surface area contributed by atoms with Crippen molar-refractivity contribution in [3.05, 3.63) is 23.4 Å². The summed E-state index contributed by atoms with van der Waals surface area (Å²) in [5, 5.41) is 0. The molecule has 0 N–H and O–H groups in total. The van der Waals surface area contributed by atoms with Gasteiger partial charge in [0.25, 0.3) is 0 Å². The largest absolute Gasteiger partial charge is 0.466 e. The molecule has 0 bridgehead atoms. The predicted octanol–water partition coefficient (Wildman–Crippen LogP) is 2.19. The molecule has 2 rings (SSSR count). The highest BCUT2D eigenvalue weighted by Gasteiger charge is 2.36. The van der Waals surface area contributed by atoms with Crippen LogP contribution in [0.25, 0.3) is 0 Å². The third kappa shape index (κ3) is 2.47. The van der Waals surface area contributed by atoms with Crippen LogP contribution in [0.1, 0.15) is 42.7 Å².